The first-order valence-corrected chi connectivity index (χ1v) is 14.6. The van der Waals surface area contributed by atoms with Gasteiger partial charge in [-0.05, 0) is 55.3 Å². The fourth-order valence-corrected chi connectivity index (χ4v) is 6.93. The van der Waals surface area contributed by atoms with Crippen LogP contribution in [0.2, 0.25) is 5.02 Å². The first-order chi connectivity index (χ1) is 16.8. The Hall–Kier alpha value is -2.20. The highest BCUT2D eigenvalue weighted by Gasteiger charge is 2.26. The summed E-state index contributed by atoms with van der Waals surface area (Å²) in [6, 6.07) is 10.2. The van der Waals surface area contributed by atoms with Crippen molar-refractivity contribution in [1.82, 2.24) is 14.2 Å². The van der Waals surface area contributed by atoms with Crippen molar-refractivity contribution in [2.75, 3.05) is 44.2 Å². The number of thiazole rings is 1. The number of carbonyl (C=O) groups is 1. The molecule has 35 heavy (non-hydrogen) atoms. The molecule has 1 fully saturated rings. The van der Waals surface area contributed by atoms with Gasteiger partial charge in [0.1, 0.15) is 0 Å². The Morgan fingerprint density at radius 3 is 2.40 bits per heavy atom. The summed E-state index contributed by atoms with van der Waals surface area (Å²) >= 11 is 7.88. The molecule has 0 atom stereocenters. The van der Waals surface area contributed by atoms with Gasteiger partial charge < -0.3 is 9.80 Å². The van der Waals surface area contributed by atoms with E-state index in [2.05, 4.69) is 4.90 Å². The molecule has 0 spiro atoms. The van der Waals surface area contributed by atoms with Crippen LogP contribution in [0.1, 0.15) is 42.6 Å². The van der Waals surface area contributed by atoms with Gasteiger partial charge in [-0.2, -0.15) is 4.31 Å². The first-order valence-electron chi connectivity index (χ1n) is 12.0. The Kier molecular flexibility index (Phi) is 8.00. The van der Waals surface area contributed by atoms with Crippen molar-refractivity contribution >= 4 is 54.2 Å². The third kappa shape index (κ3) is 5.33. The number of sulfonamides is 1. The van der Waals surface area contributed by atoms with Gasteiger partial charge in [0.25, 0.3) is 5.91 Å². The number of rotatable bonds is 8. The van der Waals surface area contributed by atoms with Crippen molar-refractivity contribution in [3.8, 4) is 0 Å². The third-order valence-corrected chi connectivity index (χ3v) is 9.91. The summed E-state index contributed by atoms with van der Waals surface area (Å²) in [4.78, 5) is 22.1. The van der Waals surface area contributed by atoms with Crippen LogP contribution in [0.25, 0.3) is 10.2 Å². The zero-order chi connectivity index (χ0) is 25.2. The number of carbonyl (C=O) groups excluding carboxylic acids is 1. The van der Waals surface area contributed by atoms with Crippen molar-refractivity contribution in [2.45, 2.75) is 38.5 Å². The molecule has 2 aromatic carbocycles. The van der Waals surface area contributed by atoms with E-state index in [0.717, 1.165) is 33.8 Å². The van der Waals surface area contributed by atoms with E-state index in [1.807, 2.05) is 37.8 Å². The summed E-state index contributed by atoms with van der Waals surface area (Å²) in [6.45, 7) is 9.32. The van der Waals surface area contributed by atoms with Crippen LogP contribution < -0.4 is 4.90 Å². The highest BCUT2D eigenvalue weighted by Crippen LogP contribution is 2.34. The molecule has 0 saturated carbocycles. The van der Waals surface area contributed by atoms with Gasteiger partial charge in [0, 0.05) is 49.9 Å². The summed E-state index contributed by atoms with van der Waals surface area (Å²) in [5.41, 5.74) is 2.42. The van der Waals surface area contributed by atoms with Gasteiger partial charge in [-0.3, -0.25) is 4.79 Å². The van der Waals surface area contributed by atoms with Crippen LogP contribution in [0.3, 0.4) is 0 Å². The van der Waals surface area contributed by atoms with E-state index in [4.69, 9.17) is 16.6 Å². The number of aromatic nitrogens is 1. The number of piperazine rings is 1. The van der Waals surface area contributed by atoms with E-state index >= 15 is 0 Å². The molecule has 0 bridgehead atoms. The number of fused-ring (bicyclic) bond motifs is 1. The van der Waals surface area contributed by atoms with Gasteiger partial charge >= 0.3 is 0 Å². The summed E-state index contributed by atoms with van der Waals surface area (Å²) in [7, 11) is -3.56. The molecule has 3 aromatic rings. The lowest BCUT2D eigenvalue weighted by atomic mass is 10.2. The van der Waals surface area contributed by atoms with Gasteiger partial charge in [-0.25, -0.2) is 13.4 Å². The molecule has 2 heterocycles. The standard InChI is InChI=1S/C25H31ClN4O3S2/c1-4-6-13-30(5-2)35(32,33)20-9-7-19(8-10-20)24(31)28-14-16-29(17-15-28)25-27-23-18(3)21(26)11-12-22(23)34-25/h7-12H,4-6,13-17H2,1-3H3. The van der Waals surface area contributed by atoms with Crippen molar-refractivity contribution in [3.05, 3.63) is 52.5 Å². The maximum Gasteiger partial charge on any atom is 0.253 e. The van der Waals surface area contributed by atoms with Crippen molar-refractivity contribution in [1.29, 1.82) is 0 Å². The largest absolute Gasteiger partial charge is 0.345 e. The fraction of sp³-hybridized carbons (Fsp3) is 0.440. The molecule has 0 aliphatic carbocycles. The molecule has 0 radical (unpaired) electrons. The molecule has 0 N–H and O–H groups in total. The number of aryl methyl sites for hydroxylation is 1. The molecule has 1 amide bonds. The second-order valence-corrected chi connectivity index (χ2v) is 12.0. The number of benzene rings is 2. The molecule has 1 aliphatic heterocycles. The fourth-order valence-electron chi connectivity index (χ4n) is 4.21. The zero-order valence-corrected chi connectivity index (χ0v) is 22.7. The predicted molar refractivity (Wildman–Crippen MR) is 143 cm³/mol. The SMILES string of the molecule is CCCCN(CC)S(=O)(=O)c1ccc(C(=O)N2CCN(c3nc4c(C)c(Cl)ccc4s3)CC2)cc1. The van der Waals surface area contributed by atoms with Gasteiger partial charge in [0.2, 0.25) is 10.0 Å². The number of halogens is 1. The quantitative estimate of drug-likeness (QED) is 0.405. The lowest BCUT2D eigenvalue weighted by Crippen LogP contribution is -2.48. The molecule has 7 nitrogen and oxygen atoms in total. The molecule has 10 heteroatoms. The monoisotopic (exact) mass is 534 g/mol. The number of nitrogens with zero attached hydrogens (tertiary/aromatic N) is 4. The van der Waals surface area contributed by atoms with E-state index in [0.29, 0.717) is 49.9 Å². The van der Waals surface area contributed by atoms with Gasteiger partial charge in [0.15, 0.2) is 5.13 Å². The lowest BCUT2D eigenvalue weighted by molar-refractivity contribution is 0.0746. The second-order valence-electron chi connectivity index (χ2n) is 8.67. The average molecular weight is 535 g/mol. The minimum Gasteiger partial charge on any atom is -0.345 e. The number of anilines is 1. The van der Waals surface area contributed by atoms with Crippen molar-refractivity contribution in [2.24, 2.45) is 0 Å². The van der Waals surface area contributed by atoms with Crippen molar-refractivity contribution < 1.29 is 13.2 Å². The normalized spacial score (nSPS) is 14.8. The third-order valence-electron chi connectivity index (χ3n) is 6.43. The molecule has 4 rings (SSSR count). The van der Waals surface area contributed by atoms with Gasteiger partial charge in [-0.15, -0.1) is 0 Å². The summed E-state index contributed by atoms with van der Waals surface area (Å²) in [5, 5.41) is 1.66. The van der Waals surface area contributed by atoms with E-state index in [9.17, 15) is 13.2 Å². The Morgan fingerprint density at radius 1 is 1.09 bits per heavy atom. The zero-order valence-electron chi connectivity index (χ0n) is 20.3. The van der Waals surface area contributed by atoms with Gasteiger partial charge in [0.05, 0.1) is 15.1 Å². The summed E-state index contributed by atoms with van der Waals surface area (Å²) < 4.78 is 28.5. The van der Waals surface area contributed by atoms with Crippen LogP contribution in [0.5, 0.6) is 0 Å². The topological polar surface area (TPSA) is 73.8 Å². The minimum atomic E-state index is -3.56. The smallest absolute Gasteiger partial charge is 0.253 e. The highest BCUT2D eigenvalue weighted by atomic mass is 35.5. The maximum atomic E-state index is 13.1. The number of hydrogen-bond donors (Lipinski definition) is 0. The van der Waals surface area contributed by atoms with Crippen molar-refractivity contribution in [3.63, 3.8) is 0 Å². The van der Waals surface area contributed by atoms with Crippen LogP contribution in [0.4, 0.5) is 5.13 Å². The van der Waals surface area contributed by atoms with Crippen LogP contribution >= 0.6 is 22.9 Å². The Balaban J connectivity index is 1.41. The van der Waals surface area contributed by atoms with Crippen LogP contribution in [-0.2, 0) is 10.0 Å². The second kappa shape index (κ2) is 10.8. The Bertz CT molecular complexity index is 1300. The predicted octanol–water partition coefficient (Wildman–Crippen LogP) is 5.03. The molecule has 1 aliphatic rings. The molecule has 1 aromatic heterocycles. The van der Waals surface area contributed by atoms with Crippen LogP contribution in [0.15, 0.2) is 41.3 Å². The maximum absolute atomic E-state index is 13.1. The Labute approximate surface area is 216 Å². The summed E-state index contributed by atoms with van der Waals surface area (Å²) in [6.07, 6.45) is 1.75. The molecule has 1 saturated heterocycles. The highest BCUT2D eigenvalue weighted by molar-refractivity contribution is 7.89. The minimum absolute atomic E-state index is 0.0844. The van der Waals surface area contributed by atoms with Gasteiger partial charge in [-0.1, -0.05) is 43.2 Å². The lowest BCUT2D eigenvalue weighted by Gasteiger charge is -2.34. The average Bonchev–Trinajstić information content (AvgIpc) is 3.31. The van der Waals surface area contributed by atoms with Crippen LogP contribution in [0, 0.1) is 6.92 Å². The molecular weight excluding hydrogens is 504 g/mol. The first kappa shape index (κ1) is 25.9. The number of unbranched alkanes of at least 4 members (excludes halogenated alkanes) is 1. The van der Waals surface area contributed by atoms with Crippen LogP contribution in [-0.4, -0.2) is 67.8 Å². The van der Waals surface area contributed by atoms with E-state index < -0.39 is 10.0 Å². The molecular formula is C25H31ClN4O3S2. The van der Waals surface area contributed by atoms with E-state index in [-0.39, 0.29) is 10.8 Å². The summed E-state index contributed by atoms with van der Waals surface area (Å²) in [5.74, 6) is -0.0844. The van der Waals surface area contributed by atoms with E-state index in [1.165, 1.54) is 4.31 Å². The number of amides is 1. The molecule has 188 valence electrons. The number of hydrogen-bond acceptors (Lipinski definition) is 6. The van der Waals surface area contributed by atoms with E-state index in [1.54, 1.807) is 35.6 Å². The Morgan fingerprint density at radius 2 is 1.77 bits per heavy atom. The molecule has 0 unspecified atom stereocenters.